The lowest BCUT2D eigenvalue weighted by atomic mass is 9.96. The standard InChI is InChI=1S/C19H23ClN2O3S2/c1-2-25-17(23)19(24)16(21-14-9-4-3-5-10-14)27-18(26)22(19)12-13-8-6-7-11-15(13)20/h6-8,11,14,24H,2-5,9-10,12H2,1H3. The van der Waals surface area contributed by atoms with Gasteiger partial charge in [-0.15, -0.1) is 0 Å². The first-order valence-corrected chi connectivity index (χ1v) is 10.8. The van der Waals surface area contributed by atoms with Crippen LogP contribution in [0, 0.1) is 0 Å². The van der Waals surface area contributed by atoms with Crippen LogP contribution in [0.25, 0.3) is 0 Å². The van der Waals surface area contributed by atoms with Crippen molar-refractivity contribution in [2.24, 2.45) is 4.99 Å². The smallest absolute Gasteiger partial charge is 0.367 e. The topological polar surface area (TPSA) is 62.1 Å². The summed E-state index contributed by atoms with van der Waals surface area (Å²) >= 11 is 12.9. The predicted molar refractivity (Wildman–Crippen MR) is 113 cm³/mol. The van der Waals surface area contributed by atoms with Crippen molar-refractivity contribution in [3.63, 3.8) is 0 Å². The van der Waals surface area contributed by atoms with Gasteiger partial charge in [-0.2, -0.15) is 0 Å². The molecule has 1 aromatic rings. The maximum absolute atomic E-state index is 12.7. The van der Waals surface area contributed by atoms with Crippen molar-refractivity contribution >= 4 is 50.9 Å². The number of benzene rings is 1. The Bertz CT molecular complexity index is 752. The van der Waals surface area contributed by atoms with Crippen LogP contribution in [0.5, 0.6) is 0 Å². The van der Waals surface area contributed by atoms with E-state index in [0.717, 1.165) is 31.2 Å². The van der Waals surface area contributed by atoms with Crippen LogP contribution in [-0.4, -0.2) is 43.7 Å². The molecule has 2 fully saturated rings. The zero-order valence-electron chi connectivity index (χ0n) is 15.2. The van der Waals surface area contributed by atoms with E-state index in [1.807, 2.05) is 18.2 Å². The molecule has 1 saturated heterocycles. The highest BCUT2D eigenvalue weighted by molar-refractivity contribution is 8.33. The molecule has 0 radical (unpaired) electrons. The Kier molecular flexibility index (Phi) is 6.78. The van der Waals surface area contributed by atoms with Gasteiger partial charge in [-0.1, -0.05) is 61.3 Å². The van der Waals surface area contributed by atoms with E-state index in [2.05, 4.69) is 0 Å². The minimum Gasteiger partial charge on any atom is -0.462 e. The molecular formula is C19H23ClN2O3S2. The molecule has 5 nitrogen and oxygen atoms in total. The van der Waals surface area contributed by atoms with E-state index in [9.17, 15) is 9.90 Å². The van der Waals surface area contributed by atoms with Crippen molar-refractivity contribution < 1.29 is 14.6 Å². The van der Waals surface area contributed by atoms with Gasteiger partial charge in [0.2, 0.25) is 0 Å². The molecule has 1 N–H and O–H groups in total. The summed E-state index contributed by atoms with van der Waals surface area (Å²) in [6.45, 7) is 2.07. The summed E-state index contributed by atoms with van der Waals surface area (Å²) in [5, 5.41) is 12.3. The quantitative estimate of drug-likeness (QED) is 0.563. The number of hydrogen-bond acceptors (Lipinski definition) is 6. The first-order valence-electron chi connectivity index (χ1n) is 9.17. The molecular weight excluding hydrogens is 404 g/mol. The summed E-state index contributed by atoms with van der Waals surface area (Å²) in [6, 6.07) is 7.40. The average molecular weight is 427 g/mol. The first kappa shape index (κ1) is 20.6. The molecule has 146 valence electrons. The van der Waals surface area contributed by atoms with E-state index < -0.39 is 11.7 Å². The summed E-state index contributed by atoms with van der Waals surface area (Å²) in [6.07, 6.45) is 5.34. The molecule has 1 unspecified atom stereocenters. The van der Waals surface area contributed by atoms with Crippen molar-refractivity contribution in [1.82, 2.24) is 4.90 Å². The van der Waals surface area contributed by atoms with E-state index in [-0.39, 0.29) is 19.2 Å². The molecule has 0 bridgehead atoms. The zero-order valence-corrected chi connectivity index (χ0v) is 17.6. The fraction of sp³-hybridized carbons (Fsp3) is 0.526. The molecule has 3 rings (SSSR count). The third-order valence-electron chi connectivity index (χ3n) is 4.81. The van der Waals surface area contributed by atoms with Gasteiger partial charge in [0.15, 0.2) is 0 Å². The Labute approximate surface area is 174 Å². The Morgan fingerprint density at radius 1 is 1.41 bits per heavy atom. The van der Waals surface area contributed by atoms with Gasteiger partial charge in [0.25, 0.3) is 5.72 Å². The molecule has 1 aliphatic heterocycles. The van der Waals surface area contributed by atoms with Crippen molar-refractivity contribution in [3.05, 3.63) is 34.9 Å². The fourth-order valence-corrected chi connectivity index (χ4v) is 4.99. The SMILES string of the molecule is CCOC(=O)C1(O)C(=NC2CCCCC2)SC(=S)N1Cc1ccccc1Cl. The number of nitrogens with zero attached hydrogens (tertiary/aromatic N) is 2. The summed E-state index contributed by atoms with van der Waals surface area (Å²) in [4.78, 5) is 18.9. The van der Waals surface area contributed by atoms with E-state index in [1.165, 1.54) is 23.1 Å². The van der Waals surface area contributed by atoms with Crippen LogP contribution in [0.1, 0.15) is 44.6 Å². The third-order valence-corrected chi connectivity index (χ3v) is 6.63. The largest absolute Gasteiger partial charge is 0.462 e. The molecule has 0 aromatic heterocycles. The molecule has 0 spiro atoms. The second-order valence-electron chi connectivity index (χ2n) is 6.66. The van der Waals surface area contributed by atoms with Crippen LogP contribution in [0.15, 0.2) is 29.3 Å². The fourth-order valence-electron chi connectivity index (χ4n) is 3.35. The molecule has 27 heavy (non-hydrogen) atoms. The highest BCUT2D eigenvalue weighted by atomic mass is 35.5. The van der Waals surface area contributed by atoms with Gasteiger partial charge in [0.05, 0.1) is 12.6 Å². The number of carbonyl (C=O) groups excluding carboxylic acids is 1. The van der Waals surface area contributed by atoms with Gasteiger partial charge in [0, 0.05) is 11.6 Å². The minimum atomic E-state index is -2.01. The number of carbonyl (C=O) groups is 1. The van der Waals surface area contributed by atoms with E-state index in [0.29, 0.717) is 14.4 Å². The number of ether oxygens (including phenoxy) is 1. The van der Waals surface area contributed by atoms with Crippen LogP contribution in [0.4, 0.5) is 0 Å². The van der Waals surface area contributed by atoms with Crippen molar-refractivity contribution in [2.45, 2.75) is 57.3 Å². The summed E-state index contributed by atoms with van der Waals surface area (Å²) in [7, 11) is 0. The number of thioether (sulfide) groups is 1. The van der Waals surface area contributed by atoms with E-state index >= 15 is 0 Å². The van der Waals surface area contributed by atoms with Gasteiger partial charge >= 0.3 is 5.97 Å². The molecule has 1 saturated carbocycles. The summed E-state index contributed by atoms with van der Waals surface area (Å²) in [5.74, 6) is -0.751. The summed E-state index contributed by atoms with van der Waals surface area (Å²) < 4.78 is 5.57. The Morgan fingerprint density at radius 2 is 2.11 bits per heavy atom. The Balaban J connectivity index is 1.95. The number of aliphatic imine (C=N–C) groups is 1. The van der Waals surface area contributed by atoms with Crippen LogP contribution in [0.2, 0.25) is 5.02 Å². The van der Waals surface area contributed by atoms with Gasteiger partial charge in [-0.05, 0) is 43.2 Å². The van der Waals surface area contributed by atoms with Crippen LogP contribution < -0.4 is 0 Å². The second-order valence-corrected chi connectivity index (χ2v) is 8.69. The van der Waals surface area contributed by atoms with Gasteiger partial charge in [0.1, 0.15) is 9.36 Å². The summed E-state index contributed by atoms with van der Waals surface area (Å²) in [5.41, 5.74) is -1.24. The Morgan fingerprint density at radius 3 is 2.78 bits per heavy atom. The van der Waals surface area contributed by atoms with E-state index in [1.54, 1.807) is 13.0 Å². The Hall–Kier alpha value is -1.15. The first-order chi connectivity index (χ1) is 13.0. The van der Waals surface area contributed by atoms with Crippen LogP contribution >= 0.6 is 35.6 Å². The van der Waals surface area contributed by atoms with Crippen LogP contribution in [-0.2, 0) is 16.1 Å². The lowest BCUT2D eigenvalue weighted by Crippen LogP contribution is -2.56. The molecule has 0 amide bonds. The lowest BCUT2D eigenvalue weighted by Gasteiger charge is -2.32. The van der Waals surface area contributed by atoms with E-state index in [4.69, 9.17) is 33.5 Å². The van der Waals surface area contributed by atoms with Crippen molar-refractivity contribution in [1.29, 1.82) is 0 Å². The molecule has 1 aromatic carbocycles. The maximum Gasteiger partial charge on any atom is 0.367 e. The van der Waals surface area contributed by atoms with Crippen molar-refractivity contribution in [2.75, 3.05) is 6.61 Å². The number of halogens is 1. The molecule has 1 aliphatic carbocycles. The molecule has 1 atom stereocenters. The normalized spacial score (nSPS) is 25.2. The van der Waals surface area contributed by atoms with Crippen molar-refractivity contribution in [3.8, 4) is 0 Å². The van der Waals surface area contributed by atoms with Crippen LogP contribution in [0.3, 0.4) is 0 Å². The van der Waals surface area contributed by atoms with Gasteiger partial charge < -0.3 is 14.7 Å². The monoisotopic (exact) mass is 426 g/mol. The second kappa shape index (κ2) is 8.90. The highest BCUT2D eigenvalue weighted by Crippen LogP contribution is 2.38. The number of aliphatic hydroxyl groups is 1. The number of esters is 1. The predicted octanol–water partition coefficient (Wildman–Crippen LogP) is 4.16. The molecule has 2 aliphatic rings. The molecule has 8 heteroatoms. The minimum absolute atomic E-state index is 0.102. The number of rotatable bonds is 5. The highest BCUT2D eigenvalue weighted by Gasteiger charge is 2.56. The van der Waals surface area contributed by atoms with Gasteiger partial charge in [-0.3, -0.25) is 4.99 Å². The van der Waals surface area contributed by atoms with Gasteiger partial charge in [-0.25, -0.2) is 4.79 Å². The third kappa shape index (κ3) is 4.31. The number of hydrogen-bond donors (Lipinski definition) is 1. The zero-order chi connectivity index (χ0) is 19.4. The maximum atomic E-state index is 12.7. The lowest BCUT2D eigenvalue weighted by molar-refractivity contribution is -0.168. The number of thiocarbonyl (C=S) groups is 1. The molecule has 1 heterocycles. The average Bonchev–Trinajstić information content (AvgIpc) is 2.90.